The quantitative estimate of drug-likeness (QED) is 0.235. The first-order valence-electron chi connectivity index (χ1n) is 6.82. The van der Waals surface area contributed by atoms with Gasteiger partial charge in [-0.3, -0.25) is 13.8 Å². The van der Waals surface area contributed by atoms with Crippen LogP contribution in [0.25, 0.3) is 0 Å². The predicted octanol–water partition coefficient (Wildman–Crippen LogP) is 1.93. The van der Waals surface area contributed by atoms with Gasteiger partial charge in [0.1, 0.15) is 13.2 Å². The van der Waals surface area contributed by atoms with Gasteiger partial charge in [0.15, 0.2) is 0 Å². The normalized spacial score (nSPS) is 10.6. The molecular formula is C14H21O9P. The van der Waals surface area contributed by atoms with E-state index in [4.69, 9.17) is 18.5 Å². The summed E-state index contributed by atoms with van der Waals surface area (Å²) < 4.78 is 35.8. The molecule has 0 aliphatic rings. The molecule has 0 unspecified atom stereocenters. The van der Waals surface area contributed by atoms with Crippen molar-refractivity contribution in [3.05, 3.63) is 24.3 Å². The Morgan fingerprint density at radius 1 is 0.792 bits per heavy atom. The van der Waals surface area contributed by atoms with Crippen LogP contribution < -0.4 is 0 Å². The van der Waals surface area contributed by atoms with Gasteiger partial charge in [-0.1, -0.05) is 13.2 Å². The molecule has 10 heteroatoms. The van der Waals surface area contributed by atoms with Crippen molar-refractivity contribution in [2.75, 3.05) is 26.4 Å². The van der Waals surface area contributed by atoms with Crippen LogP contribution in [-0.2, 0) is 42.0 Å². The van der Waals surface area contributed by atoms with E-state index in [0.29, 0.717) is 0 Å². The SMILES string of the molecule is C=C(C)C(=O)OCCOP(=O)(OCCOC(=O)C(=C)C)OC(C)=O. The van der Waals surface area contributed by atoms with Crippen molar-refractivity contribution < 1.29 is 42.0 Å². The number of hydrogen-bond donors (Lipinski definition) is 0. The number of rotatable bonds is 11. The summed E-state index contributed by atoms with van der Waals surface area (Å²) in [5.74, 6) is -2.18. The molecule has 0 heterocycles. The van der Waals surface area contributed by atoms with E-state index >= 15 is 0 Å². The van der Waals surface area contributed by atoms with Crippen LogP contribution in [0.2, 0.25) is 0 Å². The van der Waals surface area contributed by atoms with E-state index in [-0.39, 0.29) is 37.6 Å². The summed E-state index contributed by atoms with van der Waals surface area (Å²) in [7, 11) is -4.22. The third kappa shape index (κ3) is 9.94. The second-order valence-electron chi connectivity index (χ2n) is 4.53. The molecule has 0 aromatic heterocycles. The Hall–Kier alpha value is -1.96. The predicted molar refractivity (Wildman–Crippen MR) is 82.8 cm³/mol. The topological polar surface area (TPSA) is 114 Å². The Bertz CT molecular complexity index is 514. The van der Waals surface area contributed by atoms with Crippen LogP contribution in [-0.4, -0.2) is 44.3 Å². The lowest BCUT2D eigenvalue weighted by atomic mass is 10.4. The highest BCUT2D eigenvalue weighted by molar-refractivity contribution is 7.49. The van der Waals surface area contributed by atoms with Gasteiger partial charge < -0.3 is 14.0 Å². The first-order valence-corrected chi connectivity index (χ1v) is 8.28. The van der Waals surface area contributed by atoms with Crippen molar-refractivity contribution >= 4 is 25.7 Å². The Morgan fingerprint density at radius 2 is 1.17 bits per heavy atom. The minimum absolute atomic E-state index is 0.189. The van der Waals surface area contributed by atoms with Gasteiger partial charge in [0.25, 0.3) is 0 Å². The van der Waals surface area contributed by atoms with E-state index in [9.17, 15) is 18.9 Å². The largest absolute Gasteiger partial charge is 0.532 e. The van der Waals surface area contributed by atoms with Gasteiger partial charge >= 0.3 is 25.7 Å². The van der Waals surface area contributed by atoms with Gasteiger partial charge in [-0.2, -0.15) is 0 Å². The average molecular weight is 364 g/mol. The van der Waals surface area contributed by atoms with Crippen molar-refractivity contribution in [1.82, 2.24) is 0 Å². The standard InChI is InChI=1S/C14H21O9P/c1-10(2)13(16)19-6-8-21-24(18,23-12(5)15)22-9-7-20-14(17)11(3)4/h1,3,6-9H2,2,4-5H3. The maximum absolute atomic E-state index is 12.2. The van der Waals surface area contributed by atoms with Crippen LogP contribution in [0.15, 0.2) is 24.3 Å². The molecule has 0 saturated carbocycles. The van der Waals surface area contributed by atoms with Gasteiger partial charge in [-0.05, 0) is 13.8 Å². The first-order chi connectivity index (χ1) is 11.1. The highest BCUT2D eigenvalue weighted by Gasteiger charge is 2.30. The molecule has 0 aliphatic heterocycles. The fourth-order valence-corrected chi connectivity index (χ4v) is 2.15. The fourth-order valence-electron chi connectivity index (χ4n) is 1.06. The number of esters is 2. The number of hydrogen-bond acceptors (Lipinski definition) is 9. The molecule has 24 heavy (non-hydrogen) atoms. The summed E-state index contributed by atoms with van der Waals surface area (Å²) in [5, 5.41) is 0. The molecule has 0 rings (SSSR count). The number of ether oxygens (including phenoxy) is 2. The molecule has 0 atom stereocenters. The molecule has 0 amide bonds. The van der Waals surface area contributed by atoms with E-state index in [1.807, 2.05) is 0 Å². The smallest absolute Gasteiger partial charge is 0.460 e. The number of phosphoric ester groups is 1. The molecule has 0 bridgehead atoms. The van der Waals surface area contributed by atoms with Gasteiger partial charge in [-0.25, -0.2) is 14.2 Å². The maximum Gasteiger partial charge on any atom is 0.532 e. The Morgan fingerprint density at radius 3 is 1.46 bits per heavy atom. The summed E-state index contributed by atoms with van der Waals surface area (Å²) in [5.41, 5.74) is 0.377. The van der Waals surface area contributed by atoms with Crippen LogP contribution in [0.4, 0.5) is 0 Å². The Kier molecular flexibility index (Phi) is 9.87. The minimum atomic E-state index is -4.22. The Labute approximate surface area is 140 Å². The zero-order valence-corrected chi connectivity index (χ0v) is 14.8. The lowest BCUT2D eigenvalue weighted by Crippen LogP contribution is -2.14. The van der Waals surface area contributed by atoms with Gasteiger partial charge in [-0.15, -0.1) is 0 Å². The molecule has 136 valence electrons. The van der Waals surface area contributed by atoms with E-state index in [0.717, 1.165) is 6.92 Å². The third-order valence-electron chi connectivity index (χ3n) is 2.07. The van der Waals surface area contributed by atoms with Crippen molar-refractivity contribution in [3.63, 3.8) is 0 Å². The summed E-state index contributed by atoms with van der Waals surface area (Å²) >= 11 is 0. The van der Waals surface area contributed by atoms with Crippen molar-refractivity contribution in [2.24, 2.45) is 0 Å². The number of phosphoric acid groups is 1. The van der Waals surface area contributed by atoms with Gasteiger partial charge in [0.05, 0.1) is 13.2 Å². The average Bonchev–Trinajstić information content (AvgIpc) is 2.46. The Balaban J connectivity index is 4.35. The minimum Gasteiger partial charge on any atom is -0.460 e. The van der Waals surface area contributed by atoms with Crippen molar-refractivity contribution in [1.29, 1.82) is 0 Å². The maximum atomic E-state index is 12.2. The second kappa shape index (κ2) is 10.7. The van der Waals surface area contributed by atoms with Gasteiger partial charge in [0, 0.05) is 18.1 Å². The first kappa shape index (κ1) is 22.0. The van der Waals surface area contributed by atoms with Gasteiger partial charge in [0.2, 0.25) is 0 Å². The van der Waals surface area contributed by atoms with Crippen LogP contribution >= 0.6 is 7.82 Å². The zero-order valence-electron chi connectivity index (χ0n) is 13.9. The molecule has 0 spiro atoms. The molecule has 0 N–H and O–H groups in total. The van der Waals surface area contributed by atoms with E-state index in [2.05, 4.69) is 17.7 Å². The van der Waals surface area contributed by atoms with E-state index < -0.39 is 25.7 Å². The summed E-state index contributed by atoms with van der Waals surface area (Å²) in [6, 6.07) is 0. The second-order valence-corrected chi connectivity index (χ2v) is 6.12. The summed E-state index contributed by atoms with van der Waals surface area (Å²) in [6.45, 7) is 9.54. The molecule has 0 aliphatic carbocycles. The zero-order chi connectivity index (χ0) is 18.8. The van der Waals surface area contributed by atoms with Crippen molar-refractivity contribution in [2.45, 2.75) is 20.8 Å². The number of carbonyl (C=O) groups is 3. The van der Waals surface area contributed by atoms with Crippen LogP contribution in [0.3, 0.4) is 0 Å². The molecule has 0 aromatic carbocycles. The lowest BCUT2D eigenvalue weighted by Gasteiger charge is -2.16. The molecule has 0 fully saturated rings. The van der Waals surface area contributed by atoms with Crippen LogP contribution in [0.5, 0.6) is 0 Å². The third-order valence-corrected chi connectivity index (χ3v) is 3.55. The summed E-state index contributed by atoms with van der Waals surface area (Å²) in [6.07, 6.45) is 0. The monoisotopic (exact) mass is 364 g/mol. The molecule has 0 saturated heterocycles. The molecule has 9 nitrogen and oxygen atoms in total. The molecular weight excluding hydrogens is 343 g/mol. The van der Waals surface area contributed by atoms with E-state index in [1.165, 1.54) is 13.8 Å². The highest BCUT2D eigenvalue weighted by atomic mass is 31.2. The van der Waals surface area contributed by atoms with Crippen LogP contribution in [0, 0.1) is 0 Å². The summed E-state index contributed by atoms with van der Waals surface area (Å²) in [4.78, 5) is 33.3. The van der Waals surface area contributed by atoms with E-state index in [1.54, 1.807) is 0 Å². The molecule has 0 aromatic rings. The van der Waals surface area contributed by atoms with Crippen molar-refractivity contribution in [3.8, 4) is 0 Å². The lowest BCUT2D eigenvalue weighted by molar-refractivity contribution is -0.141. The fraction of sp³-hybridized carbons (Fsp3) is 0.500. The van der Waals surface area contributed by atoms with Crippen LogP contribution in [0.1, 0.15) is 20.8 Å². The number of carbonyl (C=O) groups excluding carboxylic acids is 3. The molecule has 0 radical (unpaired) electrons. The highest BCUT2D eigenvalue weighted by Crippen LogP contribution is 2.49.